The fraction of sp³-hybridized carbons (Fsp3) is 0.923. The van der Waals surface area contributed by atoms with Gasteiger partial charge in [-0.2, -0.15) is 0 Å². The van der Waals surface area contributed by atoms with E-state index in [0.717, 1.165) is 24.3 Å². The summed E-state index contributed by atoms with van der Waals surface area (Å²) in [5, 5.41) is 4.67. The fourth-order valence-electron chi connectivity index (χ4n) is 2.19. The molecule has 2 rings (SSSR count). The van der Waals surface area contributed by atoms with Crippen molar-refractivity contribution in [3.05, 3.63) is 0 Å². The van der Waals surface area contributed by atoms with E-state index in [1.165, 1.54) is 31.6 Å². The van der Waals surface area contributed by atoms with Crippen molar-refractivity contribution in [3.63, 3.8) is 0 Å². The van der Waals surface area contributed by atoms with E-state index >= 15 is 0 Å². The Bertz CT molecular complexity index is 284. The molecule has 1 aliphatic heterocycles. The molecule has 1 saturated carbocycles. The molecule has 2 fully saturated rings. The van der Waals surface area contributed by atoms with Crippen molar-refractivity contribution >= 4 is 16.9 Å². The van der Waals surface area contributed by atoms with Gasteiger partial charge < -0.3 is 5.32 Å². The summed E-state index contributed by atoms with van der Waals surface area (Å²) in [5.74, 6) is 1.19. The number of rotatable bonds is 5. The molecule has 0 bridgehead atoms. The second-order valence-electron chi connectivity index (χ2n) is 5.65. The van der Waals surface area contributed by atoms with E-state index < -0.39 is 0 Å². The number of likely N-dealkylation sites (N-methyl/N-ethyl adjacent to an activating group) is 1. The molecule has 1 aliphatic carbocycles. The first-order valence-corrected chi connectivity index (χ1v) is 7.79. The monoisotopic (exact) mass is 255 g/mol. The van der Waals surface area contributed by atoms with Gasteiger partial charge in [0.25, 0.3) is 0 Å². The van der Waals surface area contributed by atoms with E-state index in [2.05, 4.69) is 31.0 Å². The summed E-state index contributed by atoms with van der Waals surface area (Å²) >= 11 is 1.87. The SMILES string of the molecule is CCN(CCN=C1NC(C)(C)CCS1)C1CC1. The Labute approximate surface area is 109 Å². The minimum Gasteiger partial charge on any atom is -0.360 e. The molecular formula is C13H25N3S. The predicted molar refractivity (Wildman–Crippen MR) is 76.9 cm³/mol. The van der Waals surface area contributed by atoms with E-state index in [-0.39, 0.29) is 5.54 Å². The number of nitrogens with one attached hydrogen (secondary N) is 1. The zero-order chi connectivity index (χ0) is 12.3. The molecule has 0 unspecified atom stereocenters. The molecular weight excluding hydrogens is 230 g/mol. The Balaban J connectivity index is 1.75. The molecule has 98 valence electrons. The van der Waals surface area contributed by atoms with Gasteiger partial charge in [0.15, 0.2) is 5.17 Å². The molecule has 0 amide bonds. The van der Waals surface area contributed by atoms with Crippen LogP contribution in [0.15, 0.2) is 4.99 Å². The predicted octanol–water partition coefficient (Wildman–Crippen LogP) is 2.33. The van der Waals surface area contributed by atoms with E-state index in [0.29, 0.717) is 0 Å². The second-order valence-corrected chi connectivity index (χ2v) is 6.74. The maximum atomic E-state index is 4.70. The van der Waals surface area contributed by atoms with Crippen LogP contribution >= 0.6 is 11.8 Å². The lowest BCUT2D eigenvalue weighted by Gasteiger charge is -2.32. The Hall–Kier alpha value is -0.220. The smallest absolute Gasteiger partial charge is 0.157 e. The number of nitrogens with zero attached hydrogens (tertiary/aromatic N) is 2. The number of hydrogen-bond acceptors (Lipinski definition) is 3. The largest absolute Gasteiger partial charge is 0.360 e. The molecule has 0 aromatic carbocycles. The van der Waals surface area contributed by atoms with Crippen LogP contribution in [0.2, 0.25) is 0 Å². The van der Waals surface area contributed by atoms with Gasteiger partial charge in [0.2, 0.25) is 0 Å². The first-order chi connectivity index (χ1) is 8.11. The molecule has 0 radical (unpaired) electrons. The van der Waals surface area contributed by atoms with Crippen LogP contribution in [-0.4, -0.2) is 47.0 Å². The van der Waals surface area contributed by atoms with Crippen LogP contribution in [0.5, 0.6) is 0 Å². The zero-order valence-corrected chi connectivity index (χ0v) is 12.1. The Morgan fingerprint density at radius 2 is 2.24 bits per heavy atom. The van der Waals surface area contributed by atoms with E-state index in [1.54, 1.807) is 0 Å². The van der Waals surface area contributed by atoms with Crippen LogP contribution in [0.1, 0.15) is 40.0 Å². The molecule has 0 aromatic heterocycles. The highest BCUT2D eigenvalue weighted by Crippen LogP contribution is 2.26. The number of amidine groups is 1. The third kappa shape index (κ3) is 4.18. The highest BCUT2D eigenvalue weighted by molar-refractivity contribution is 8.13. The van der Waals surface area contributed by atoms with Crippen molar-refractivity contribution in [2.45, 2.75) is 51.6 Å². The lowest BCUT2D eigenvalue weighted by molar-refractivity contribution is 0.286. The minimum absolute atomic E-state index is 0.227. The van der Waals surface area contributed by atoms with Crippen molar-refractivity contribution in [1.29, 1.82) is 0 Å². The first-order valence-electron chi connectivity index (χ1n) is 6.80. The van der Waals surface area contributed by atoms with Crippen molar-refractivity contribution < 1.29 is 0 Å². The number of hydrogen-bond donors (Lipinski definition) is 1. The first kappa shape index (κ1) is 13.2. The molecule has 1 heterocycles. The van der Waals surface area contributed by atoms with Crippen molar-refractivity contribution in [2.75, 3.05) is 25.4 Å². The van der Waals surface area contributed by atoms with E-state index in [1.807, 2.05) is 11.8 Å². The third-order valence-electron chi connectivity index (χ3n) is 3.52. The summed E-state index contributed by atoms with van der Waals surface area (Å²) in [7, 11) is 0. The minimum atomic E-state index is 0.227. The van der Waals surface area contributed by atoms with Crippen LogP contribution in [-0.2, 0) is 0 Å². The van der Waals surface area contributed by atoms with Gasteiger partial charge in [0.05, 0.1) is 6.54 Å². The normalized spacial score (nSPS) is 26.2. The lowest BCUT2D eigenvalue weighted by Crippen LogP contribution is -2.46. The van der Waals surface area contributed by atoms with Gasteiger partial charge in [0, 0.05) is 23.9 Å². The van der Waals surface area contributed by atoms with Crippen molar-refractivity contribution in [3.8, 4) is 0 Å². The summed E-state index contributed by atoms with van der Waals surface area (Å²) in [4.78, 5) is 7.26. The molecule has 0 atom stereocenters. The van der Waals surface area contributed by atoms with E-state index in [4.69, 9.17) is 4.99 Å². The van der Waals surface area contributed by atoms with E-state index in [9.17, 15) is 0 Å². The summed E-state index contributed by atoms with van der Waals surface area (Å²) in [6, 6.07) is 0.864. The molecule has 0 spiro atoms. The molecule has 3 nitrogen and oxygen atoms in total. The molecule has 4 heteroatoms. The van der Waals surface area contributed by atoms with Crippen LogP contribution in [0, 0.1) is 0 Å². The molecule has 17 heavy (non-hydrogen) atoms. The number of thioether (sulfide) groups is 1. The molecule has 2 aliphatic rings. The van der Waals surface area contributed by atoms with Crippen LogP contribution in [0.4, 0.5) is 0 Å². The van der Waals surface area contributed by atoms with Gasteiger partial charge in [-0.1, -0.05) is 18.7 Å². The summed E-state index contributed by atoms with van der Waals surface area (Å²) in [6.07, 6.45) is 4.01. The lowest BCUT2D eigenvalue weighted by atomic mass is 10.0. The standard InChI is InChI=1S/C13H25N3S/c1-4-16(11-5-6-11)9-8-14-12-15-13(2,3)7-10-17-12/h11H,4-10H2,1-3H3,(H,14,15). The summed E-state index contributed by atoms with van der Waals surface area (Å²) in [6.45, 7) is 9.99. The second kappa shape index (κ2) is 5.61. The summed E-state index contributed by atoms with van der Waals surface area (Å²) in [5.41, 5.74) is 0.227. The molecule has 1 N–H and O–H groups in total. The van der Waals surface area contributed by atoms with Gasteiger partial charge in [-0.3, -0.25) is 9.89 Å². The van der Waals surface area contributed by atoms with Gasteiger partial charge >= 0.3 is 0 Å². The average molecular weight is 255 g/mol. The third-order valence-corrected chi connectivity index (χ3v) is 4.44. The maximum absolute atomic E-state index is 4.70. The topological polar surface area (TPSA) is 27.6 Å². The van der Waals surface area contributed by atoms with Gasteiger partial charge in [-0.05, 0) is 39.7 Å². The highest BCUT2D eigenvalue weighted by Gasteiger charge is 2.27. The van der Waals surface area contributed by atoms with Crippen LogP contribution in [0.25, 0.3) is 0 Å². The van der Waals surface area contributed by atoms with Gasteiger partial charge in [-0.15, -0.1) is 0 Å². The zero-order valence-electron chi connectivity index (χ0n) is 11.3. The average Bonchev–Trinajstić information content (AvgIpc) is 3.07. The van der Waals surface area contributed by atoms with Gasteiger partial charge in [0.1, 0.15) is 0 Å². The Morgan fingerprint density at radius 1 is 1.47 bits per heavy atom. The maximum Gasteiger partial charge on any atom is 0.157 e. The fourth-order valence-corrected chi connectivity index (χ4v) is 3.53. The highest BCUT2D eigenvalue weighted by atomic mass is 32.2. The van der Waals surface area contributed by atoms with Gasteiger partial charge in [-0.25, -0.2) is 0 Å². The Kier molecular flexibility index (Phi) is 4.36. The number of aliphatic imine (C=N–C) groups is 1. The Morgan fingerprint density at radius 3 is 2.82 bits per heavy atom. The van der Waals surface area contributed by atoms with Crippen LogP contribution < -0.4 is 5.32 Å². The van der Waals surface area contributed by atoms with Crippen molar-refractivity contribution in [1.82, 2.24) is 10.2 Å². The summed E-state index contributed by atoms with van der Waals surface area (Å²) < 4.78 is 0. The van der Waals surface area contributed by atoms with Crippen LogP contribution in [0.3, 0.4) is 0 Å². The quantitative estimate of drug-likeness (QED) is 0.817. The molecule has 0 aromatic rings. The van der Waals surface area contributed by atoms with Crippen molar-refractivity contribution in [2.24, 2.45) is 4.99 Å². The molecule has 1 saturated heterocycles.